The van der Waals surface area contributed by atoms with Gasteiger partial charge in [0.25, 0.3) is 0 Å². The molecule has 7 heteroatoms. The van der Waals surface area contributed by atoms with Crippen molar-refractivity contribution in [3.8, 4) is 0 Å². The van der Waals surface area contributed by atoms with Crippen molar-refractivity contribution < 1.29 is 34.4 Å². The fraction of sp³-hybridized carbons (Fsp3) is 0.913. The lowest BCUT2D eigenvalue weighted by atomic mass is 10.0. The number of hydrogen-bond donors (Lipinski definition) is 3. The van der Waals surface area contributed by atoms with Gasteiger partial charge in [0.15, 0.2) is 0 Å². The van der Waals surface area contributed by atoms with Crippen molar-refractivity contribution in [3.05, 3.63) is 0 Å². The van der Waals surface area contributed by atoms with Gasteiger partial charge in [-0.25, -0.2) is 0 Å². The summed E-state index contributed by atoms with van der Waals surface area (Å²) in [5, 5.41) is 28.1. The van der Waals surface area contributed by atoms with Gasteiger partial charge in [0.05, 0.1) is 25.7 Å². The van der Waals surface area contributed by atoms with E-state index in [1.165, 1.54) is 51.9 Å². The molecule has 30 heavy (non-hydrogen) atoms. The zero-order chi connectivity index (χ0) is 22.6. The summed E-state index contributed by atoms with van der Waals surface area (Å²) in [7, 11) is 0. The van der Waals surface area contributed by atoms with Gasteiger partial charge in [-0.1, -0.05) is 64.7 Å². The van der Waals surface area contributed by atoms with E-state index in [0.29, 0.717) is 12.8 Å². The van der Waals surface area contributed by atoms with Crippen molar-refractivity contribution in [2.45, 2.75) is 122 Å². The number of rotatable bonds is 20. The van der Waals surface area contributed by atoms with Gasteiger partial charge in [-0.2, -0.15) is 0 Å². The minimum atomic E-state index is -0.957. The molecule has 0 heterocycles. The second-order valence-electron chi connectivity index (χ2n) is 8.11. The molecule has 7 nitrogen and oxygen atoms in total. The van der Waals surface area contributed by atoms with Crippen LogP contribution < -0.4 is 0 Å². The van der Waals surface area contributed by atoms with E-state index in [9.17, 15) is 14.7 Å². The third-order valence-corrected chi connectivity index (χ3v) is 5.14. The molecule has 0 aromatic carbocycles. The Balaban J connectivity index is 3.93. The molecule has 0 aliphatic heterocycles. The highest BCUT2D eigenvalue weighted by Crippen LogP contribution is 2.16. The van der Waals surface area contributed by atoms with E-state index in [4.69, 9.17) is 19.7 Å². The van der Waals surface area contributed by atoms with Crippen molar-refractivity contribution in [2.24, 2.45) is 0 Å². The molecule has 178 valence electrons. The number of carbonyl (C=O) groups excluding carboxylic acids is 2. The first-order valence-corrected chi connectivity index (χ1v) is 11.7. The number of aliphatic hydroxyl groups is 3. The normalized spacial score (nSPS) is 13.3. The maximum Gasteiger partial charge on any atom is 0.309 e. The van der Waals surface area contributed by atoms with Crippen molar-refractivity contribution in [1.82, 2.24) is 0 Å². The first-order valence-electron chi connectivity index (χ1n) is 11.7. The maximum atomic E-state index is 11.9. The molecule has 0 bridgehead atoms. The summed E-state index contributed by atoms with van der Waals surface area (Å²) in [6.07, 6.45) is 11.5. The van der Waals surface area contributed by atoms with E-state index >= 15 is 0 Å². The third-order valence-electron chi connectivity index (χ3n) is 5.14. The Kier molecular flexibility index (Phi) is 19.0. The van der Waals surface area contributed by atoms with Crippen molar-refractivity contribution in [3.63, 3.8) is 0 Å². The molecule has 0 radical (unpaired) electrons. The molecule has 2 unspecified atom stereocenters. The molecule has 0 saturated carbocycles. The number of carbonyl (C=O) groups is 2. The van der Waals surface area contributed by atoms with Gasteiger partial charge in [0.1, 0.15) is 12.2 Å². The van der Waals surface area contributed by atoms with Crippen molar-refractivity contribution in [2.75, 3.05) is 13.2 Å². The molecule has 0 amide bonds. The first-order chi connectivity index (χ1) is 14.4. The van der Waals surface area contributed by atoms with E-state index in [1.807, 2.05) is 0 Å². The monoisotopic (exact) mass is 432 g/mol. The van der Waals surface area contributed by atoms with Crippen LogP contribution in [-0.2, 0) is 19.1 Å². The van der Waals surface area contributed by atoms with Crippen LogP contribution in [0.4, 0.5) is 0 Å². The molecule has 0 spiro atoms. The molecule has 0 fully saturated rings. The first kappa shape index (κ1) is 28.8. The van der Waals surface area contributed by atoms with Gasteiger partial charge in [0.2, 0.25) is 0 Å². The minimum Gasteiger partial charge on any atom is -0.462 e. The molecule has 0 saturated heterocycles. The van der Waals surface area contributed by atoms with Gasteiger partial charge in [-0.15, -0.1) is 0 Å². The van der Waals surface area contributed by atoms with Crippen molar-refractivity contribution in [1.29, 1.82) is 0 Å². The zero-order valence-corrected chi connectivity index (χ0v) is 19.0. The highest BCUT2D eigenvalue weighted by atomic mass is 16.6. The lowest BCUT2D eigenvalue weighted by molar-refractivity contribution is -0.160. The highest BCUT2D eigenvalue weighted by Gasteiger charge is 2.20. The molecule has 0 aromatic rings. The lowest BCUT2D eigenvalue weighted by Crippen LogP contribution is -2.29. The number of aliphatic hydroxyl groups excluding tert-OH is 3. The Morgan fingerprint density at radius 3 is 1.77 bits per heavy atom. The van der Waals surface area contributed by atoms with Gasteiger partial charge in [-0.3, -0.25) is 9.59 Å². The topological polar surface area (TPSA) is 113 Å². The number of hydrogen-bond acceptors (Lipinski definition) is 7. The number of unbranched alkanes of at least 4 members (excludes halogenated alkanes) is 8. The number of esters is 2. The molecule has 0 aliphatic rings. The van der Waals surface area contributed by atoms with Gasteiger partial charge >= 0.3 is 11.9 Å². The quantitative estimate of drug-likeness (QED) is 0.199. The van der Waals surface area contributed by atoms with E-state index in [0.717, 1.165) is 25.7 Å². The molecule has 0 aromatic heterocycles. The molecule has 3 N–H and O–H groups in total. The predicted octanol–water partition coefficient (Wildman–Crippen LogP) is 3.66. The fourth-order valence-electron chi connectivity index (χ4n) is 3.40. The predicted molar refractivity (Wildman–Crippen MR) is 116 cm³/mol. The van der Waals surface area contributed by atoms with Crippen LogP contribution in [-0.4, -0.2) is 58.8 Å². The van der Waals surface area contributed by atoms with Gasteiger partial charge in [-0.05, 0) is 25.7 Å². The summed E-state index contributed by atoms with van der Waals surface area (Å²) >= 11 is 0. The minimum absolute atomic E-state index is 0.114. The van der Waals surface area contributed by atoms with Crippen molar-refractivity contribution >= 4 is 11.9 Å². The molecule has 2 atom stereocenters. The van der Waals surface area contributed by atoms with Crippen LogP contribution in [0.25, 0.3) is 0 Å². The molecule has 0 rings (SSSR count). The standard InChI is InChI=1S/C23H44O7/c1-3-4-5-6-7-8-9-10-13-20(27)14-11-12-15-21(29-19(2)26)16-23(28)30-22(17-24)18-25/h20-22,24-25,27H,3-18H2,1-2H3. The van der Waals surface area contributed by atoms with Crippen LogP contribution in [0.2, 0.25) is 0 Å². The number of ether oxygens (including phenoxy) is 2. The zero-order valence-electron chi connectivity index (χ0n) is 19.0. The fourth-order valence-corrected chi connectivity index (χ4v) is 3.40. The molecule has 0 aliphatic carbocycles. The van der Waals surface area contributed by atoms with E-state index in [1.54, 1.807) is 0 Å². The average Bonchev–Trinajstić information content (AvgIpc) is 2.70. The van der Waals surface area contributed by atoms with Crippen LogP contribution >= 0.6 is 0 Å². The van der Waals surface area contributed by atoms with Gasteiger partial charge in [0, 0.05) is 6.92 Å². The van der Waals surface area contributed by atoms with E-state index in [2.05, 4.69) is 6.92 Å². The summed E-state index contributed by atoms with van der Waals surface area (Å²) < 4.78 is 10.1. The summed E-state index contributed by atoms with van der Waals surface area (Å²) in [6.45, 7) is 2.59. The van der Waals surface area contributed by atoms with E-state index in [-0.39, 0.29) is 12.5 Å². The maximum absolute atomic E-state index is 11.9. The molecular formula is C23H44O7. The van der Waals surface area contributed by atoms with Gasteiger partial charge < -0.3 is 24.8 Å². The Labute approximate surface area is 182 Å². The summed E-state index contributed by atoms with van der Waals surface area (Å²) in [5.41, 5.74) is 0. The highest BCUT2D eigenvalue weighted by molar-refractivity contribution is 5.71. The van der Waals surface area contributed by atoms with Crippen LogP contribution in [0, 0.1) is 0 Å². The van der Waals surface area contributed by atoms with Crippen LogP contribution in [0.5, 0.6) is 0 Å². The molecular weight excluding hydrogens is 388 g/mol. The second kappa shape index (κ2) is 19.8. The lowest BCUT2D eigenvalue weighted by Gasteiger charge is -2.19. The Morgan fingerprint density at radius 2 is 1.23 bits per heavy atom. The second-order valence-corrected chi connectivity index (χ2v) is 8.11. The summed E-state index contributed by atoms with van der Waals surface area (Å²) in [6, 6.07) is 0. The average molecular weight is 433 g/mol. The van der Waals surface area contributed by atoms with Crippen LogP contribution in [0.3, 0.4) is 0 Å². The van der Waals surface area contributed by atoms with E-state index < -0.39 is 37.4 Å². The third kappa shape index (κ3) is 17.7. The Morgan fingerprint density at radius 1 is 0.733 bits per heavy atom. The smallest absolute Gasteiger partial charge is 0.309 e. The Bertz CT molecular complexity index is 424. The Hall–Kier alpha value is -1.18. The van der Waals surface area contributed by atoms with Crippen LogP contribution in [0.15, 0.2) is 0 Å². The van der Waals surface area contributed by atoms with Crippen LogP contribution in [0.1, 0.15) is 104 Å². The SMILES string of the molecule is CCCCCCCCCCC(O)CCCCC(CC(=O)OC(CO)CO)OC(C)=O. The largest absolute Gasteiger partial charge is 0.462 e. The summed E-state index contributed by atoms with van der Waals surface area (Å²) in [5.74, 6) is -1.09. The summed E-state index contributed by atoms with van der Waals surface area (Å²) in [4.78, 5) is 23.1.